The quantitative estimate of drug-likeness (QED) is 0.653. The normalized spacial score (nSPS) is 19.0. The Balaban J connectivity index is 1.72. The summed E-state index contributed by atoms with van der Waals surface area (Å²) >= 11 is 5.88. The number of benzene rings is 2. The van der Waals surface area contributed by atoms with Gasteiger partial charge in [-0.2, -0.15) is 0 Å². The van der Waals surface area contributed by atoms with E-state index in [2.05, 4.69) is 0 Å². The van der Waals surface area contributed by atoms with Crippen LogP contribution < -0.4 is 0 Å². The van der Waals surface area contributed by atoms with Crippen LogP contribution in [0.15, 0.2) is 54.6 Å². The van der Waals surface area contributed by atoms with Crippen molar-refractivity contribution in [2.24, 2.45) is 0 Å². The van der Waals surface area contributed by atoms with Crippen LogP contribution >= 0.6 is 11.6 Å². The molecule has 2 aromatic carbocycles. The molecule has 0 bridgehead atoms. The molecule has 0 unspecified atom stereocenters. The maximum atomic E-state index is 12.8. The van der Waals surface area contributed by atoms with E-state index in [4.69, 9.17) is 21.1 Å². The summed E-state index contributed by atoms with van der Waals surface area (Å²) in [5.74, 6) is -0.454. The predicted octanol–water partition coefficient (Wildman–Crippen LogP) is 4.57. The molecular formula is C21H22ClNO4. The summed E-state index contributed by atoms with van der Waals surface area (Å²) in [7, 11) is 0. The van der Waals surface area contributed by atoms with E-state index in [-0.39, 0.29) is 6.61 Å². The Kier molecular flexibility index (Phi) is 6.35. The Hall–Kier alpha value is -2.53. The summed E-state index contributed by atoms with van der Waals surface area (Å²) in [6.45, 7) is 2.42. The van der Waals surface area contributed by atoms with Crippen molar-refractivity contribution < 1.29 is 19.1 Å². The number of ether oxygens (including phenoxy) is 2. The summed E-state index contributed by atoms with van der Waals surface area (Å²) < 4.78 is 10.9. The Bertz CT molecular complexity index is 779. The van der Waals surface area contributed by atoms with Crippen molar-refractivity contribution in [1.82, 2.24) is 4.90 Å². The standard InChI is InChI=1S/C21H22ClNO4/c1-2-6-18-19(20(24)26-14-16-9-11-17(22)12-10-16)23(21(25)27-18)13-15-7-4-3-5-8-15/h3-5,7-12,18-19H,2,6,13-14H2,1H3/t18-,19+/m0/s1. The zero-order valence-electron chi connectivity index (χ0n) is 15.1. The minimum Gasteiger partial charge on any atom is -0.459 e. The maximum Gasteiger partial charge on any atom is 0.411 e. The molecule has 6 heteroatoms. The van der Waals surface area contributed by atoms with Crippen molar-refractivity contribution in [3.8, 4) is 0 Å². The minimum absolute atomic E-state index is 0.124. The number of carbonyl (C=O) groups excluding carboxylic acids is 2. The molecule has 1 fully saturated rings. The van der Waals surface area contributed by atoms with Gasteiger partial charge in [0, 0.05) is 5.02 Å². The molecule has 0 spiro atoms. The molecule has 2 atom stereocenters. The molecule has 0 radical (unpaired) electrons. The van der Waals surface area contributed by atoms with E-state index in [9.17, 15) is 9.59 Å². The van der Waals surface area contributed by atoms with Crippen molar-refractivity contribution in [1.29, 1.82) is 0 Å². The number of nitrogens with zero attached hydrogens (tertiary/aromatic N) is 1. The number of halogens is 1. The minimum atomic E-state index is -0.745. The van der Waals surface area contributed by atoms with Gasteiger partial charge in [0.2, 0.25) is 0 Å². The zero-order chi connectivity index (χ0) is 19.2. The molecule has 27 heavy (non-hydrogen) atoms. The van der Waals surface area contributed by atoms with Crippen LogP contribution in [-0.4, -0.2) is 29.1 Å². The topological polar surface area (TPSA) is 55.8 Å². The van der Waals surface area contributed by atoms with E-state index in [0.717, 1.165) is 17.5 Å². The molecule has 0 aliphatic carbocycles. The number of esters is 1. The van der Waals surface area contributed by atoms with Gasteiger partial charge in [-0.05, 0) is 29.7 Å². The SMILES string of the molecule is CCC[C@@H]1OC(=O)N(Cc2ccccc2)[C@H]1C(=O)OCc1ccc(Cl)cc1. The third-order valence-electron chi connectivity index (χ3n) is 4.48. The van der Waals surface area contributed by atoms with Gasteiger partial charge < -0.3 is 9.47 Å². The highest BCUT2D eigenvalue weighted by molar-refractivity contribution is 6.30. The van der Waals surface area contributed by atoms with Gasteiger partial charge in [0.1, 0.15) is 12.7 Å². The second kappa shape index (κ2) is 8.91. The second-order valence-corrected chi connectivity index (χ2v) is 6.94. The molecule has 1 saturated heterocycles. The average Bonchev–Trinajstić information content (AvgIpc) is 2.97. The van der Waals surface area contributed by atoms with Crippen molar-refractivity contribution in [2.45, 2.75) is 45.1 Å². The van der Waals surface area contributed by atoms with E-state index >= 15 is 0 Å². The molecular weight excluding hydrogens is 366 g/mol. The molecule has 5 nitrogen and oxygen atoms in total. The van der Waals surface area contributed by atoms with Gasteiger partial charge in [0.25, 0.3) is 0 Å². The highest BCUT2D eigenvalue weighted by Gasteiger charge is 2.46. The first-order valence-corrected chi connectivity index (χ1v) is 9.38. The van der Waals surface area contributed by atoms with Crippen LogP contribution in [0.2, 0.25) is 5.02 Å². The fraction of sp³-hybridized carbons (Fsp3) is 0.333. The lowest BCUT2D eigenvalue weighted by molar-refractivity contribution is -0.151. The lowest BCUT2D eigenvalue weighted by Gasteiger charge is -2.23. The van der Waals surface area contributed by atoms with Gasteiger partial charge in [-0.1, -0.05) is 67.4 Å². The van der Waals surface area contributed by atoms with Crippen LogP contribution in [0.3, 0.4) is 0 Å². The first-order chi connectivity index (χ1) is 13.1. The lowest BCUT2D eigenvalue weighted by atomic mass is 10.1. The van der Waals surface area contributed by atoms with Gasteiger partial charge in [0.15, 0.2) is 6.04 Å². The fourth-order valence-electron chi connectivity index (χ4n) is 3.12. The molecule has 1 aliphatic heterocycles. The highest BCUT2D eigenvalue weighted by Crippen LogP contribution is 2.26. The van der Waals surface area contributed by atoms with Gasteiger partial charge in [-0.3, -0.25) is 4.90 Å². The predicted molar refractivity (Wildman–Crippen MR) is 102 cm³/mol. The number of hydrogen-bond donors (Lipinski definition) is 0. The number of cyclic esters (lactones) is 1. The Morgan fingerprint density at radius 2 is 1.81 bits per heavy atom. The second-order valence-electron chi connectivity index (χ2n) is 6.50. The summed E-state index contributed by atoms with van der Waals surface area (Å²) in [6, 6.07) is 15.9. The molecule has 3 rings (SSSR count). The molecule has 1 aliphatic rings. The van der Waals surface area contributed by atoms with Crippen LogP contribution in [0.5, 0.6) is 0 Å². The number of carbonyl (C=O) groups is 2. The van der Waals surface area contributed by atoms with Crippen LogP contribution in [0.1, 0.15) is 30.9 Å². The average molecular weight is 388 g/mol. The zero-order valence-corrected chi connectivity index (χ0v) is 15.9. The van der Waals surface area contributed by atoms with Crippen molar-refractivity contribution >= 4 is 23.7 Å². The number of hydrogen-bond acceptors (Lipinski definition) is 4. The number of amides is 1. The molecule has 1 heterocycles. The van der Waals surface area contributed by atoms with Crippen LogP contribution in [0, 0.1) is 0 Å². The maximum absolute atomic E-state index is 12.8. The van der Waals surface area contributed by atoms with Gasteiger partial charge in [-0.15, -0.1) is 0 Å². The summed E-state index contributed by atoms with van der Waals surface area (Å²) in [5, 5.41) is 0.622. The summed E-state index contributed by atoms with van der Waals surface area (Å²) in [6.07, 6.45) is 0.435. The van der Waals surface area contributed by atoms with Gasteiger partial charge >= 0.3 is 12.1 Å². The molecule has 0 N–H and O–H groups in total. The van der Waals surface area contributed by atoms with E-state index in [1.165, 1.54) is 4.90 Å². The largest absolute Gasteiger partial charge is 0.459 e. The Morgan fingerprint density at radius 1 is 1.11 bits per heavy atom. The van der Waals surface area contributed by atoms with E-state index in [1.54, 1.807) is 24.3 Å². The van der Waals surface area contributed by atoms with Gasteiger partial charge in [-0.25, -0.2) is 9.59 Å². The molecule has 0 saturated carbocycles. The molecule has 1 amide bonds. The third kappa shape index (κ3) is 4.80. The van der Waals surface area contributed by atoms with Crippen molar-refractivity contribution in [3.63, 3.8) is 0 Å². The number of rotatable bonds is 7. The third-order valence-corrected chi connectivity index (χ3v) is 4.73. The van der Waals surface area contributed by atoms with Crippen LogP contribution in [0.25, 0.3) is 0 Å². The Labute approximate surface area is 163 Å². The first-order valence-electron chi connectivity index (χ1n) is 9.00. The Morgan fingerprint density at radius 3 is 2.48 bits per heavy atom. The summed E-state index contributed by atoms with van der Waals surface area (Å²) in [5.41, 5.74) is 1.77. The van der Waals surface area contributed by atoms with E-state index in [1.807, 2.05) is 37.3 Å². The van der Waals surface area contributed by atoms with E-state index in [0.29, 0.717) is 18.0 Å². The van der Waals surface area contributed by atoms with Crippen LogP contribution in [-0.2, 0) is 27.4 Å². The lowest BCUT2D eigenvalue weighted by Crippen LogP contribution is -2.43. The smallest absolute Gasteiger partial charge is 0.411 e. The molecule has 2 aromatic rings. The van der Waals surface area contributed by atoms with Crippen molar-refractivity contribution in [2.75, 3.05) is 0 Å². The van der Waals surface area contributed by atoms with Crippen molar-refractivity contribution in [3.05, 3.63) is 70.7 Å². The molecule has 0 aromatic heterocycles. The fourth-order valence-corrected chi connectivity index (χ4v) is 3.25. The van der Waals surface area contributed by atoms with Gasteiger partial charge in [0.05, 0.1) is 6.54 Å². The molecule has 142 valence electrons. The highest BCUT2D eigenvalue weighted by atomic mass is 35.5. The first kappa shape index (κ1) is 19.2. The summed E-state index contributed by atoms with van der Waals surface area (Å²) in [4.78, 5) is 26.6. The van der Waals surface area contributed by atoms with Crippen LogP contribution in [0.4, 0.5) is 4.79 Å². The monoisotopic (exact) mass is 387 g/mol. The van der Waals surface area contributed by atoms with E-state index < -0.39 is 24.2 Å².